The first-order valence-electron chi connectivity index (χ1n) is 9.71. The van der Waals surface area contributed by atoms with E-state index >= 15 is 0 Å². The van der Waals surface area contributed by atoms with Crippen LogP contribution < -0.4 is 10.6 Å². The molecule has 3 rings (SSSR count). The number of rotatable bonds is 7. The number of carbonyl (C=O) groups excluding carboxylic acids is 2. The third-order valence-electron chi connectivity index (χ3n) is 4.84. The van der Waals surface area contributed by atoms with Crippen molar-refractivity contribution in [3.05, 3.63) is 51.9 Å². The zero-order valence-electron chi connectivity index (χ0n) is 16.6. The van der Waals surface area contributed by atoms with Gasteiger partial charge in [-0.3, -0.25) is 9.59 Å². The lowest BCUT2D eigenvalue weighted by molar-refractivity contribution is -0.122. The fraction of sp³-hybridized carbons (Fsp3) is 0.400. The molecule has 162 valence electrons. The van der Waals surface area contributed by atoms with Crippen LogP contribution in [0.25, 0.3) is 0 Å². The number of carbonyl (C=O) groups is 2. The van der Waals surface area contributed by atoms with E-state index in [1.54, 1.807) is 43.3 Å². The van der Waals surface area contributed by atoms with Gasteiger partial charge in [-0.15, -0.1) is 11.3 Å². The molecule has 0 radical (unpaired) electrons. The minimum atomic E-state index is -3.48. The molecular weight excluding hydrogens is 446 g/mol. The molecule has 2 heterocycles. The van der Waals surface area contributed by atoms with Gasteiger partial charge in [0.15, 0.2) is 0 Å². The summed E-state index contributed by atoms with van der Waals surface area (Å²) >= 11 is 7.16. The zero-order valence-corrected chi connectivity index (χ0v) is 18.9. The molecule has 1 aromatic heterocycles. The van der Waals surface area contributed by atoms with Crippen molar-refractivity contribution in [3.63, 3.8) is 0 Å². The molecule has 1 aromatic carbocycles. The number of hydrogen-bond acceptors (Lipinski definition) is 5. The van der Waals surface area contributed by atoms with Gasteiger partial charge in [0.25, 0.3) is 15.9 Å². The van der Waals surface area contributed by atoms with E-state index in [4.69, 9.17) is 11.6 Å². The average molecular weight is 470 g/mol. The number of benzene rings is 1. The zero-order chi connectivity index (χ0) is 21.7. The molecule has 0 bridgehead atoms. The topological polar surface area (TPSA) is 95.6 Å². The van der Waals surface area contributed by atoms with Crippen LogP contribution in [0, 0.1) is 0 Å². The van der Waals surface area contributed by atoms with Gasteiger partial charge in [-0.05, 0) is 44.0 Å². The summed E-state index contributed by atoms with van der Waals surface area (Å²) in [5.74, 6) is -0.807. The average Bonchev–Trinajstić information content (AvgIpc) is 3.23. The van der Waals surface area contributed by atoms with Gasteiger partial charge in [0.2, 0.25) is 5.91 Å². The van der Waals surface area contributed by atoms with Crippen molar-refractivity contribution < 1.29 is 18.0 Å². The van der Waals surface area contributed by atoms with E-state index in [9.17, 15) is 18.0 Å². The molecule has 0 saturated carbocycles. The fourth-order valence-electron chi connectivity index (χ4n) is 3.14. The van der Waals surface area contributed by atoms with Crippen LogP contribution in [0.2, 0.25) is 5.02 Å². The van der Waals surface area contributed by atoms with E-state index in [1.165, 1.54) is 4.31 Å². The molecule has 2 aromatic rings. The number of nitrogens with one attached hydrogen (secondary N) is 2. The lowest BCUT2D eigenvalue weighted by atomic mass is 10.2. The monoisotopic (exact) mass is 469 g/mol. The van der Waals surface area contributed by atoms with Crippen molar-refractivity contribution in [1.29, 1.82) is 0 Å². The Kier molecular flexibility index (Phi) is 7.51. The molecule has 30 heavy (non-hydrogen) atoms. The number of nitrogens with zero attached hydrogens (tertiary/aromatic N) is 1. The second kappa shape index (κ2) is 9.91. The molecule has 2 amide bonds. The van der Waals surface area contributed by atoms with Crippen LogP contribution in [0.5, 0.6) is 0 Å². The SMILES string of the molecule is C[C@@H](NC(=O)c1ccccc1Cl)C(=O)NCc1ccc(S(=O)(=O)N2CCCCC2)s1. The van der Waals surface area contributed by atoms with Crippen LogP contribution >= 0.6 is 22.9 Å². The molecule has 1 aliphatic heterocycles. The van der Waals surface area contributed by atoms with E-state index in [0.29, 0.717) is 23.7 Å². The Hall–Kier alpha value is -1.94. The fourth-order valence-corrected chi connectivity index (χ4v) is 6.33. The van der Waals surface area contributed by atoms with Gasteiger partial charge in [-0.25, -0.2) is 8.42 Å². The summed E-state index contributed by atoms with van der Waals surface area (Å²) in [6.07, 6.45) is 2.82. The summed E-state index contributed by atoms with van der Waals surface area (Å²) in [5, 5.41) is 5.65. The predicted molar refractivity (Wildman–Crippen MR) is 117 cm³/mol. The number of halogens is 1. The Morgan fingerprint density at radius 2 is 1.83 bits per heavy atom. The number of piperidine rings is 1. The van der Waals surface area contributed by atoms with Crippen LogP contribution in [-0.2, 0) is 21.4 Å². The first-order chi connectivity index (χ1) is 14.3. The third-order valence-corrected chi connectivity index (χ3v) is 8.62. The first-order valence-corrected chi connectivity index (χ1v) is 12.3. The van der Waals surface area contributed by atoms with Crippen molar-refractivity contribution in [2.45, 2.75) is 43.0 Å². The van der Waals surface area contributed by atoms with E-state index in [0.717, 1.165) is 35.5 Å². The van der Waals surface area contributed by atoms with Crippen LogP contribution in [0.4, 0.5) is 0 Å². The Bertz CT molecular complexity index is 1020. The molecule has 7 nitrogen and oxygen atoms in total. The van der Waals surface area contributed by atoms with Gasteiger partial charge >= 0.3 is 0 Å². The minimum Gasteiger partial charge on any atom is -0.349 e. The normalized spacial score (nSPS) is 16.1. The van der Waals surface area contributed by atoms with E-state index in [-0.39, 0.29) is 16.7 Å². The quantitative estimate of drug-likeness (QED) is 0.651. The minimum absolute atomic E-state index is 0.186. The smallest absolute Gasteiger partial charge is 0.253 e. The maximum atomic E-state index is 12.7. The Labute approximate surface area is 185 Å². The molecule has 2 N–H and O–H groups in total. The number of hydrogen-bond donors (Lipinski definition) is 2. The molecule has 1 atom stereocenters. The summed E-state index contributed by atoms with van der Waals surface area (Å²) in [4.78, 5) is 25.3. The van der Waals surface area contributed by atoms with Crippen molar-refractivity contribution in [2.75, 3.05) is 13.1 Å². The number of thiophene rings is 1. The maximum absolute atomic E-state index is 12.7. The maximum Gasteiger partial charge on any atom is 0.253 e. The second-order valence-electron chi connectivity index (χ2n) is 7.08. The van der Waals surface area contributed by atoms with Gasteiger partial charge < -0.3 is 10.6 Å². The summed E-state index contributed by atoms with van der Waals surface area (Å²) < 4.78 is 27.3. The lowest BCUT2D eigenvalue weighted by Crippen LogP contribution is -2.44. The van der Waals surface area contributed by atoms with E-state index in [1.807, 2.05) is 0 Å². The molecule has 0 aliphatic carbocycles. The molecular formula is C20H24ClN3O4S2. The summed E-state index contributed by atoms with van der Waals surface area (Å²) in [5.41, 5.74) is 0.296. The van der Waals surface area contributed by atoms with Crippen molar-refractivity contribution in [3.8, 4) is 0 Å². The standard InChI is InChI=1S/C20H24ClN3O4S2/c1-14(23-20(26)16-7-3-4-8-17(16)21)19(25)22-13-15-9-10-18(29-15)30(27,28)24-11-5-2-6-12-24/h3-4,7-10,14H,2,5-6,11-13H2,1H3,(H,22,25)(H,23,26)/t14-/m1/s1. The lowest BCUT2D eigenvalue weighted by Gasteiger charge is -2.25. The molecule has 1 aliphatic rings. The number of sulfonamides is 1. The third kappa shape index (κ3) is 5.40. The summed E-state index contributed by atoms with van der Waals surface area (Å²) in [6, 6.07) is 9.11. The highest BCUT2D eigenvalue weighted by Crippen LogP contribution is 2.27. The van der Waals surface area contributed by atoms with Crippen LogP contribution in [0.3, 0.4) is 0 Å². The first kappa shape index (κ1) is 22.7. The second-order valence-corrected chi connectivity index (χ2v) is 10.8. The Morgan fingerprint density at radius 1 is 1.13 bits per heavy atom. The number of amides is 2. The van der Waals surface area contributed by atoms with Crippen LogP contribution in [0.1, 0.15) is 41.4 Å². The van der Waals surface area contributed by atoms with Gasteiger partial charge in [-0.2, -0.15) is 4.31 Å². The summed E-state index contributed by atoms with van der Waals surface area (Å²) in [6.45, 7) is 2.86. The Morgan fingerprint density at radius 3 is 2.53 bits per heavy atom. The van der Waals surface area contributed by atoms with Gasteiger partial charge in [0.05, 0.1) is 17.1 Å². The Balaban J connectivity index is 1.55. The van der Waals surface area contributed by atoms with Gasteiger partial charge in [0, 0.05) is 18.0 Å². The van der Waals surface area contributed by atoms with Crippen molar-refractivity contribution in [1.82, 2.24) is 14.9 Å². The molecule has 10 heteroatoms. The molecule has 1 fully saturated rings. The summed E-state index contributed by atoms with van der Waals surface area (Å²) in [7, 11) is -3.48. The highest BCUT2D eigenvalue weighted by Gasteiger charge is 2.27. The van der Waals surface area contributed by atoms with E-state index in [2.05, 4.69) is 10.6 Å². The highest BCUT2D eigenvalue weighted by atomic mass is 35.5. The van der Waals surface area contributed by atoms with Crippen molar-refractivity contribution in [2.24, 2.45) is 0 Å². The van der Waals surface area contributed by atoms with Crippen LogP contribution in [0.15, 0.2) is 40.6 Å². The van der Waals surface area contributed by atoms with Crippen molar-refractivity contribution >= 4 is 44.8 Å². The van der Waals surface area contributed by atoms with Gasteiger partial charge in [-0.1, -0.05) is 30.2 Å². The molecule has 0 unspecified atom stereocenters. The largest absolute Gasteiger partial charge is 0.349 e. The van der Waals surface area contributed by atoms with Gasteiger partial charge in [0.1, 0.15) is 10.3 Å². The molecule has 1 saturated heterocycles. The predicted octanol–water partition coefficient (Wildman–Crippen LogP) is 3.01. The molecule has 0 spiro atoms. The van der Waals surface area contributed by atoms with E-state index < -0.39 is 22.0 Å². The van der Waals surface area contributed by atoms with Crippen LogP contribution in [-0.4, -0.2) is 43.7 Å². The highest BCUT2D eigenvalue weighted by molar-refractivity contribution is 7.91.